The molecule has 0 aliphatic carbocycles. The maximum absolute atomic E-state index is 12.1. The number of benzene rings is 1. The first kappa shape index (κ1) is 17.7. The molecule has 0 atom stereocenters. The number of aryl methyl sites for hydroxylation is 2. The Morgan fingerprint density at radius 1 is 1.29 bits per heavy atom. The van der Waals surface area contributed by atoms with Crippen molar-refractivity contribution in [3.63, 3.8) is 0 Å². The molecular formula is C15H24N2O3S. The van der Waals surface area contributed by atoms with E-state index in [-0.39, 0.29) is 18.4 Å². The molecule has 0 unspecified atom stereocenters. The van der Waals surface area contributed by atoms with Gasteiger partial charge in [-0.05, 0) is 31.4 Å². The second kappa shape index (κ2) is 7.04. The highest BCUT2D eigenvalue weighted by molar-refractivity contribution is 7.88. The van der Waals surface area contributed by atoms with Crippen molar-refractivity contribution in [2.24, 2.45) is 5.92 Å². The molecule has 0 aliphatic rings. The highest BCUT2D eigenvalue weighted by Crippen LogP contribution is 2.16. The first-order chi connectivity index (χ1) is 9.59. The van der Waals surface area contributed by atoms with Crippen LogP contribution in [0.5, 0.6) is 0 Å². The first-order valence-electron chi connectivity index (χ1n) is 6.92. The van der Waals surface area contributed by atoms with Crippen LogP contribution in [-0.4, -0.2) is 38.0 Å². The zero-order valence-corrected chi connectivity index (χ0v) is 14.1. The molecule has 0 bridgehead atoms. The standard InChI is InChI=1S/C15H24N2O3S/c1-11(2)9-17(21(5,19)20)10-15(18)16-14-7-6-12(3)8-13(14)4/h6-8,11H,9-10H2,1-5H3,(H,16,18). The van der Waals surface area contributed by atoms with Crippen LogP contribution in [0.4, 0.5) is 5.69 Å². The minimum atomic E-state index is -3.39. The van der Waals surface area contributed by atoms with Crippen molar-refractivity contribution in [3.8, 4) is 0 Å². The van der Waals surface area contributed by atoms with Crippen LogP contribution in [0.1, 0.15) is 25.0 Å². The third-order valence-electron chi connectivity index (χ3n) is 3.01. The zero-order valence-electron chi connectivity index (χ0n) is 13.3. The van der Waals surface area contributed by atoms with Gasteiger partial charge in [-0.15, -0.1) is 0 Å². The average molecular weight is 312 g/mol. The fourth-order valence-corrected chi connectivity index (χ4v) is 2.95. The third-order valence-corrected chi connectivity index (χ3v) is 4.23. The third kappa shape index (κ3) is 5.85. The summed E-state index contributed by atoms with van der Waals surface area (Å²) in [5.74, 6) is -0.165. The lowest BCUT2D eigenvalue weighted by Gasteiger charge is -2.21. The second-order valence-corrected chi connectivity index (χ2v) is 7.80. The summed E-state index contributed by atoms with van der Waals surface area (Å²) in [5, 5.41) is 2.77. The van der Waals surface area contributed by atoms with Gasteiger partial charge in [-0.1, -0.05) is 31.5 Å². The van der Waals surface area contributed by atoms with E-state index in [2.05, 4.69) is 5.32 Å². The molecule has 0 heterocycles. The van der Waals surface area contributed by atoms with Crippen molar-refractivity contribution in [1.82, 2.24) is 4.31 Å². The Balaban J connectivity index is 2.78. The number of carbonyl (C=O) groups is 1. The van der Waals surface area contributed by atoms with Crippen LogP contribution in [0, 0.1) is 19.8 Å². The van der Waals surface area contributed by atoms with Crippen molar-refractivity contribution in [1.29, 1.82) is 0 Å². The van der Waals surface area contributed by atoms with Crippen LogP contribution in [0.25, 0.3) is 0 Å². The first-order valence-corrected chi connectivity index (χ1v) is 8.76. The molecule has 0 spiro atoms. The number of rotatable bonds is 6. The largest absolute Gasteiger partial charge is 0.325 e. The maximum Gasteiger partial charge on any atom is 0.239 e. The zero-order chi connectivity index (χ0) is 16.2. The molecule has 0 saturated heterocycles. The van der Waals surface area contributed by atoms with Gasteiger partial charge in [0.05, 0.1) is 12.8 Å². The van der Waals surface area contributed by atoms with E-state index in [1.54, 1.807) is 0 Å². The Labute approximate surface area is 127 Å². The molecule has 0 saturated carbocycles. The minimum Gasteiger partial charge on any atom is -0.325 e. The second-order valence-electron chi connectivity index (χ2n) is 5.82. The quantitative estimate of drug-likeness (QED) is 0.875. The minimum absolute atomic E-state index is 0.161. The van der Waals surface area contributed by atoms with Gasteiger partial charge in [0.2, 0.25) is 15.9 Å². The van der Waals surface area contributed by atoms with Crippen LogP contribution in [0.15, 0.2) is 18.2 Å². The summed E-state index contributed by atoms with van der Waals surface area (Å²) >= 11 is 0. The van der Waals surface area contributed by atoms with E-state index in [1.807, 2.05) is 45.9 Å². The molecule has 0 fully saturated rings. The maximum atomic E-state index is 12.1. The average Bonchev–Trinajstić information content (AvgIpc) is 2.30. The highest BCUT2D eigenvalue weighted by Gasteiger charge is 2.21. The van der Waals surface area contributed by atoms with Crippen LogP contribution < -0.4 is 5.32 Å². The SMILES string of the molecule is Cc1ccc(NC(=O)CN(CC(C)C)S(C)(=O)=O)c(C)c1. The van der Waals surface area contributed by atoms with Crippen molar-refractivity contribution in [2.75, 3.05) is 24.7 Å². The lowest BCUT2D eigenvalue weighted by atomic mass is 10.1. The molecule has 1 amide bonds. The van der Waals surface area contributed by atoms with Gasteiger partial charge in [0.15, 0.2) is 0 Å². The van der Waals surface area contributed by atoms with Gasteiger partial charge in [-0.3, -0.25) is 4.79 Å². The molecule has 118 valence electrons. The van der Waals surface area contributed by atoms with Crippen LogP contribution in [0.2, 0.25) is 0 Å². The molecule has 5 nitrogen and oxygen atoms in total. The van der Waals surface area contributed by atoms with Gasteiger partial charge in [0, 0.05) is 12.2 Å². The molecule has 1 N–H and O–H groups in total. The number of amides is 1. The van der Waals surface area contributed by atoms with Crippen LogP contribution in [-0.2, 0) is 14.8 Å². The summed E-state index contributed by atoms with van der Waals surface area (Å²) < 4.78 is 24.6. The number of sulfonamides is 1. The number of nitrogens with zero attached hydrogens (tertiary/aromatic N) is 1. The smallest absolute Gasteiger partial charge is 0.239 e. The van der Waals surface area contributed by atoms with E-state index >= 15 is 0 Å². The fourth-order valence-electron chi connectivity index (χ4n) is 2.03. The van der Waals surface area contributed by atoms with Crippen molar-refractivity contribution in [2.45, 2.75) is 27.7 Å². The Hall–Kier alpha value is -1.40. The van der Waals surface area contributed by atoms with E-state index in [1.165, 1.54) is 4.31 Å². The topological polar surface area (TPSA) is 66.5 Å². The van der Waals surface area contributed by atoms with Gasteiger partial charge in [-0.2, -0.15) is 4.31 Å². The molecule has 0 aliphatic heterocycles. The Kier molecular flexibility index (Phi) is 5.92. The molecule has 1 rings (SSSR count). The molecular weight excluding hydrogens is 288 g/mol. The Bertz CT molecular complexity index is 609. The summed E-state index contributed by atoms with van der Waals surface area (Å²) in [6.45, 7) is 7.89. The van der Waals surface area contributed by atoms with Gasteiger partial charge in [0.25, 0.3) is 0 Å². The molecule has 6 heteroatoms. The summed E-state index contributed by atoms with van der Waals surface area (Å²) in [6, 6.07) is 5.71. The number of hydrogen-bond acceptors (Lipinski definition) is 3. The number of hydrogen-bond donors (Lipinski definition) is 1. The molecule has 1 aromatic rings. The number of nitrogens with one attached hydrogen (secondary N) is 1. The highest BCUT2D eigenvalue weighted by atomic mass is 32.2. The van der Waals surface area contributed by atoms with Crippen molar-refractivity contribution < 1.29 is 13.2 Å². The fraction of sp³-hybridized carbons (Fsp3) is 0.533. The van der Waals surface area contributed by atoms with Gasteiger partial charge in [0.1, 0.15) is 0 Å². The van der Waals surface area contributed by atoms with E-state index in [0.29, 0.717) is 12.2 Å². The Morgan fingerprint density at radius 3 is 2.38 bits per heavy atom. The Morgan fingerprint density at radius 2 is 1.90 bits per heavy atom. The lowest BCUT2D eigenvalue weighted by Crippen LogP contribution is -2.39. The lowest BCUT2D eigenvalue weighted by molar-refractivity contribution is -0.116. The predicted molar refractivity (Wildman–Crippen MR) is 85.8 cm³/mol. The molecule has 0 aromatic heterocycles. The molecule has 0 radical (unpaired) electrons. The van der Waals surface area contributed by atoms with E-state index < -0.39 is 10.0 Å². The number of anilines is 1. The molecule has 1 aromatic carbocycles. The van der Waals surface area contributed by atoms with E-state index in [0.717, 1.165) is 17.4 Å². The van der Waals surface area contributed by atoms with E-state index in [4.69, 9.17) is 0 Å². The predicted octanol–water partition coefficient (Wildman–Crippen LogP) is 2.16. The summed E-state index contributed by atoms with van der Waals surface area (Å²) in [7, 11) is -3.39. The van der Waals surface area contributed by atoms with Crippen molar-refractivity contribution >= 4 is 21.6 Å². The van der Waals surface area contributed by atoms with Crippen molar-refractivity contribution in [3.05, 3.63) is 29.3 Å². The van der Waals surface area contributed by atoms with Crippen LogP contribution >= 0.6 is 0 Å². The summed E-state index contributed by atoms with van der Waals surface area (Å²) in [5.41, 5.74) is 2.78. The normalized spacial score (nSPS) is 12.0. The van der Waals surface area contributed by atoms with Crippen LogP contribution in [0.3, 0.4) is 0 Å². The molecule has 21 heavy (non-hydrogen) atoms. The van der Waals surface area contributed by atoms with E-state index in [9.17, 15) is 13.2 Å². The van der Waals surface area contributed by atoms with Gasteiger partial charge < -0.3 is 5.32 Å². The van der Waals surface area contributed by atoms with Gasteiger partial charge in [-0.25, -0.2) is 8.42 Å². The summed E-state index contributed by atoms with van der Waals surface area (Å²) in [4.78, 5) is 12.1. The number of carbonyl (C=O) groups excluding carboxylic acids is 1. The monoisotopic (exact) mass is 312 g/mol. The summed E-state index contributed by atoms with van der Waals surface area (Å²) in [6.07, 6.45) is 1.12. The van der Waals surface area contributed by atoms with Gasteiger partial charge >= 0.3 is 0 Å².